The first-order valence-corrected chi connectivity index (χ1v) is 4.81. The number of rotatable bonds is 2. The van der Waals surface area contributed by atoms with Crippen molar-refractivity contribution in [1.29, 1.82) is 0 Å². The third-order valence-corrected chi connectivity index (χ3v) is 1.22. The van der Waals surface area contributed by atoms with Crippen molar-refractivity contribution < 1.29 is 10.2 Å². The van der Waals surface area contributed by atoms with Crippen LogP contribution in [0.1, 0.15) is 0 Å². The monoisotopic (exact) mass is 368 g/mol. The van der Waals surface area contributed by atoms with Crippen LogP contribution in [0.25, 0.3) is 0 Å². The molecule has 0 aliphatic carbocycles. The van der Waals surface area contributed by atoms with E-state index in [1.807, 2.05) is 45.2 Å². The number of hydrogen-bond donors (Lipinski definition) is 2. The van der Waals surface area contributed by atoms with Crippen LogP contribution < -0.4 is 0 Å². The van der Waals surface area contributed by atoms with E-state index in [0.29, 0.717) is 0 Å². The van der Waals surface area contributed by atoms with Gasteiger partial charge in [0.25, 0.3) is 0 Å². The molecule has 0 fully saturated rings. The third kappa shape index (κ3) is 23.2. The number of aliphatic hydroxyl groups is 2. The molecule has 2 nitrogen and oxygen atoms in total. The summed E-state index contributed by atoms with van der Waals surface area (Å²) in [7, 11) is 0. The van der Waals surface area contributed by atoms with Gasteiger partial charge in [-0.1, -0.05) is 35.2 Å². The first-order valence-electron chi connectivity index (χ1n) is 2.49. The molecule has 0 saturated carbocycles. The van der Waals surface area contributed by atoms with Crippen molar-refractivity contribution in [3.63, 3.8) is 0 Å². The average Bonchev–Trinajstić information content (AvgIpc) is 1.91. The second-order valence-electron chi connectivity index (χ2n) is 1.22. The summed E-state index contributed by atoms with van der Waals surface area (Å²) in [6.07, 6.45) is 1.67. The second-order valence-corrected chi connectivity index (χ2v) is 3.46. The van der Waals surface area contributed by atoms with E-state index < -0.39 is 0 Å². The molecule has 0 atom stereocenters. The van der Waals surface area contributed by atoms with Gasteiger partial charge in [0, 0.05) is 3.58 Å². The number of hydrogen-bond acceptors (Lipinski definition) is 2. The highest BCUT2D eigenvalue weighted by atomic mass is 127. The summed E-state index contributed by atoms with van der Waals surface area (Å²) in [5.41, 5.74) is 0. The van der Waals surface area contributed by atoms with Gasteiger partial charge in [-0.25, -0.2) is 0 Å². The van der Waals surface area contributed by atoms with Gasteiger partial charge in [0.05, 0.1) is 13.2 Å². The van der Waals surface area contributed by atoms with Gasteiger partial charge in [-0.2, -0.15) is 0 Å². The summed E-state index contributed by atoms with van der Waals surface area (Å²) >= 11 is 4.01. The van der Waals surface area contributed by atoms with Gasteiger partial charge in [0.15, 0.2) is 0 Å². The first-order chi connectivity index (χ1) is 4.68. The van der Waals surface area contributed by atoms with Crippen molar-refractivity contribution >= 4 is 45.2 Å². The zero-order valence-electron chi connectivity index (χ0n) is 5.43. The molecule has 0 unspecified atom stereocenters. The predicted molar refractivity (Wildman–Crippen MR) is 60.5 cm³/mol. The van der Waals surface area contributed by atoms with Crippen LogP contribution in [0.15, 0.2) is 20.3 Å². The van der Waals surface area contributed by atoms with Crippen LogP contribution in [0.3, 0.4) is 0 Å². The largest absolute Gasteiger partial charge is 0.392 e. The predicted octanol–water partition coefficient (Wildman–Crippen LogP) is 1.85. The Morgan fingerprint density at radius 2 is 1.90 bits per heavy atom. The SMILES string of the molecule is C=C(I)CO.OCC=CI. The van der Waals surface area contributed by atoms with E-state index in [4.69, 9.17) is 10.2 Å². The Kier molecular flexibility index (Phi) is 16.9. The van der Waals surface area contributed by atoms with Crippen LogP contribution in [0, 0.1) is 0 Å². The van der Waals surface area contributed by atoms with E-state index in [1.54, 1.807) is 10.2 Å². The molecule has 0 amide bonds. The fourth-order valence-electron chi connectivity index (χ4n) is 0.0398. The van der Waals surface area contributed by atoms with Crippen LogP contribution in [0.4, 0.5) is 0 Å². The zero-order valence-corrected chi connectivity index (χ0v) is 9.74. The second kappa shape index (κ2) is 12.5. The zero-order chi connectivity index (χ0) is 8.41. The van der Waals surface area contributed by atoms with Gasteiger partial charge in [0.2, 0.25) is 0 Å². The van der Waals surface area contributed by atoms with Gasteiger partial charge in [0.1, 0.15) is 0 Å². The van der Waals surface area contributed by atoms with E-state index >= 15 is 0 Å². The highest BCUT2D eigenvalue weighted by Gasteiger charge is 1.71. The number of halogens is 2. The minimum absolute atomic E-state index is 0.0978. The van der Waals surface area contributed by atoms with Crippen molar-refractivity contribution in [1.82, 2.24) is 0 Å². The molecule has 10 heavy (non-hydrogen) atoms. The Hall–Kier alpha value is 0.860. The molecule has 0 aromatic heterocycles. The standard InChI is InChI=1S/2C3H5IO/c1-3(4)2-5;4-2-1-3-5/h5H,1-2H2;1-2,5H,3H2. The molecule has 0 rings (SSSR count). The molecular formula is C6H10I2O2. The lowest BCUT2D eigenvalue weighted by Gasteiger charge is -1.77. The van der Waals surface area contributed by atoms with Crippen molar-refractivity contribution in [2.24, 2.45) is 0 Å². The molecule has 0 aliphatic rings. The Morgan fingerprint density at radius 1 is 1.50 bits per heavy atom. The molecule has 0 saturated heterocycles. The molecular weight excluding hydrogens is 358 g/mol. The van der Waals surface area contributed by atoms with Crippen molar-refractivity contribution in [3.05, 3.63) is 20.3 Å². The Balaban J connectivity index is 0. The maximum Gasteiger partial charge on any atom is 0.0732 e. The molecule has 0 aliphatic heterocycles. The van der Waals surface area contributed by atoms with Crippen LogP contribution >= 0.6 is 45.2 Å². The fourth-order valence-corrected chi connectivity index (χ4v) is 0.267. The maximum absolute atomic E-state index is 8.04. The third-order valence-electron chi connectivity index (χ3n) is 0.366. The van der Waals surface area contributed by atoms with Gasteiger partial charge >= 0.3 is 0 Å². The van der Waals surface area contributed by atoms with Crippen molar-refractivity contribution in [3.8, 4) is 0 Å². The molecule has 60 valence electrons. The first kappa shape index (κ1) is 13.4. The Morgan fingerprint density at radius 3 is 1.90 bits per heavy atom. The minimum Gasteiger partial charge on any atom is -0.392 e. The molecule has 0 aromatic rings. The summed E-state index contributed by atoms with van der Waals surface area (Å²) in [6.45, 7) is 3.66. The molecule has 0 bridgehead atoms. The normalized spacial score (nSPS) is 8.80. The van der Waals surface area contributed by atoms with Gasteiger partial charge in [-0.05, 0) is 26.7 Å². The smallest absolute Gasteiger partial charge is 0.0732 e. The molecule has 0 radical (unpaired) electrons. The summed E-state index contributed by atoms with van der Waals surface area (Å²) in [4.78, 5) is 0. The lowest BCUT2D eigenvalue weighted by Crippen LogP contribution is -1.72. The highest BCUT2D eigenvalue weighted by molar-refractivity contribution is 14.1. The van der Waals surface area contributed by atoms with Gasteiger partial charge in [-0.15, -0.1) is 0 Å². The van der Waals surface area contributed by atoms with E-state index in [9.17, 15) is 0 Å². The van der Waals surface area contributed by atoms with Gasteiger partial charge < -0.3 is 10.2 Å². The Labute approximate surface area is 88.3 Å². The van der Waals surface area contributed by atoms with Gasteiger partial charge in [-0.3, -0.25) is 0 Å². The molecule has 0 spiro atoms. The summed E-state index contributed by atoms with van der Waals surface area (Å²) < 4.78 is 2.56. The van der Waals surface area contributed by atoms with E-state index in [2.05, 4.69) is 6.58 Å². The maximum atomic E-state index is 8.04. The van der Waals surface area contributed by atoms with Crippen LogP contribution in [-0.4, -0.2) is 23.4 Å². The molecule has 2 N–H and O–H groups in total. The van der Waals surface area contributed by atoms with E-state index in [1.165, 1.54) is 0 Å². The van der Waals surface area contributed by atoms with Crippen LogP contribution in [0.2, 0.25) is 0 Å². The molecule has 0 aromatic carbocycles. The summed E-state index contributed by atoms with van der Waals surface area (Å²) in [5, 5.41) is 16.0. The van der Waals surface area contributed by atoms with Crippen molar-refractivity contribution in [2.75, 3.05) is 13.2 Å². The molecule has 0 heterocycles. The van der Waals surface area contributed by atoms with Crippen LogP contribution in [0.5, 0.6) is 0 Å². The summed E-state index contributed by atoms with van der Waals surface area (Å²) in [5.74, 6) is 0. The van der Waals surface area contributed by atoms with Crippen LogP contribution in [-0.2, 0) is 0 Å². The minimum atomic E-state index is 0.0978. The average molecular weight is 368 g/mol. The fraction of sp³-hybridized carbons (Fsp3) is 0.333. The van der Waals surface area contributed by atoms with Crippen molar-refractivity contribution in [2.45, 2.75) is 0 Å². The lowest BCUT2D eigenvalue weighted by atomic mass is 10.7. The molecule has 4 heteroatoms. The van der Waals surface area contributed by atoms with E-state index in [-0.39, 0.29) is 13.2 Å². The number of aliphatic hydroxyl groups excluding tert-OH is 2. The highest BCUT2D eigenvalue weighted by Crippen LogP contribution is 1.96. The summed E-state index contributed by atoms with van der Waals surface area (Å²) in [6, 6.07) is 0. The topological polar surface area (TPSA) is 40.5 Å². The van der Waals surface area contributed by atoms with E-state index in [0.717, 1.165) is 3.58 Å². The Bertz CT molecular complexity index is 102. The lowest BCUT2D eigenvalue weighted by molar-refractivity contribution is 0.341. The quantitative estimate of drug-likeness (QED) is 0.731.